The van der Waals surface area contributed by atoms with Crippen molar-refractivity contribution in [1.82, 2.24) is 20.3 Å². The maximum Gasteiger partial charge on any atom is 0.220 e. The summed E-state index contributed by atoms with van der Waals surface area (Å²) in [5, 5.41) is 11.0. The zero-order chi connectivity index (χ0) is 16.7. The zero-order valence-electron chi connectivity index (χ0n) is 14.6. The molecule has 0 aromatic carbocycles. The third-order valence-corrected chi connectivity index (χ3v) is 5.09. The Kier molecular flexibility index (Phi) is 6.57. The summed E-state index contributed by atoms with van der Waals surface area (Å²) < 4.78 is 1.81. The standard InChI is InChI=1S/C17H31N5O/c1-17(2)8-4-3-7-14(17)11-16(23)19-9-5-6-10-22-13-15(12-18)20-21-22/h13-14H,3-12,18H2,1-2H3,(H,19,23). The summed E-state index contributed by atoms with van der Waals surface area (Å²) in [7, 11) is 0. The second-order valence-corrected chi connectivity index (χ2v) is 7.37. The van der Waals surface area contributed by atoms with Crippen molar-refractivity contribution in [2.45, 2.75) is 71.9 Å². The van der Waals surface area contributed by atoms with Gasteiger partial charge in [-0.15, -0.1) is 5.10 Å². The lowest BCUT2D eigenvalue weighted by Crippen LogP contribution is -2.34. The van der Waals surface area contributed by atoms with Crippen LogP contribution in [0, 0.1) is 11.3 Å². The molecule has 1 heterocycles. The van der Waals surface area contributed by atoms with E-state index < -0.39 is 0 Å². The molecule has 1 unspecified atom stereocenters. The molecule has 0 bridgehead atoms. The molecule has 6 heteroatoms. The van der Waals surface area contributed by atoms with E-state index in [0.29, 0.717) is 24.3 Å². The van der Waals surface area contributed by atoms with Crippen LogP contribution in [0.4, 0.5) is 0 Å². The van der Waals surface area contributed by atoms with E-state index in [-0.39, 0.29) is 5.91 Å². The van der Waals surface area contributed by atoms with Gasteiger partial charge in [-0.1, -0.05) is 31.9 Å². The number of rotatable bonds is 8. The number of amides is 1. The second-order valence-electron chi connectivity index (χ2n) is 7.37. The lowest BCUT2D eigenvalue weighted by molar-refractivity contribution is -0.123. The van der Waals surface area contributed by atoms with Gasteiger partial charge in [-0.2, -0.15) is 0 Å². The molecule has 1 amide bonds. The van der Waals surface area contributed by atoms with E-state index in [2.05, 4.69) is 29.5 Å². The molecule has 23 heavy (non-hydrogen) atoms. The molecule has 0 spiro atoms. The quantitative estimate of drug-likeness (QED) is 0.719. The molecule has 1 aromatic heterocycles. The molecule has 0 aliphatic heterocycles. The normalized spacial score (nSPS) is 20.4. The van der Waals surface area contributed by atoms with Crippen molar-refractivity contribution in [3.63, 3.8) is 0 Å². The second kappa shape index (κ2) is 8.43. The van der Waals surface area contributed by atoms with Crippen molar-refractivity contribution < 1.29 is 4.79 Å². The summed E-state index contributed by atoms with van der Waals surface area (Å²) >= 11 is 0. The fraction of sp³-hybridized carbons (Fsp3) is 0.824. The molecule has 0 saturated heterocycles. The predicted octanol–water partition coefficient (Wildman–Crippen LogP) is 2.24. The highest BCUT2D eigenvalue weighted by atomic mass is 16.1. The summed E-state index contributed by atoms with van der Waals surface area (Å²) in [6, 6.07) is 0. The van der Waals surface area contributed by atoms with E-state index in [4.69, 9.17) is 5.73 Å². The minimum atomic E-state index is 0.205. The van der Waals surface area contributed by atoms with E-state index in [9.17, 15) is 4.79 Å². The number of carbonyl (C=O) groups is 1. The molecule has 1 aliphatic rings. The van der Waals surface area contributed by atoms with Crippen LogP contribution >= 0.6 is 0 Å². The van der Waals surface area contributed by atoms with Gasteiger partial charge in [0.05, 0.1) is 5.69 Å². The Morgan fingerprint density at radius 1 is 1.43 bits per heavy atom. The molecular formula is C17H31N5O. The van der Waals surface area contributed by atoms with Gasteiger partial charge in [-0.3, -0.25) is 9.48 Å². The maximum atomic E-state index is 12.1. The van der Waals surface area contributed by atoms with Crippen LogP contribution in [0.2, 0.25) is 0 Å². The summed E-state index contributed by atoms with van der Waals surface area (Å²) in [6.45, 7) is 6.59. The molecule has 1 fully saturated rings. The van der Waals surface area contributed by atoms with E-state index >= 15 is 0 Å². The highest BCUT2D eigenvalue weighted by Crippen LogP contribution is 2.42. The Labute approximate surface area is 139 Å². The first-order chi connectivity index (χ1) is 11.0. The Hall–Kier alpha value is -1.43. The van der Waals surface area contributed by atoms with E-state index in [0.717, 1.165) is 31.6 Å². The molecule has 0 radical (unpaired) electrons. The monoisotopic (exact) mass is 321 g/mol. The van der Waals surface area contributed by atoms with E-state index in [1.54, 1.807) is 0 Å². The molecule has 1 atom stereocenters. The minimum Gasteiger partial charge on any atom is -0.356 e. The Morgan fingerprint density at radius 2 is 2.26 bits per heavy atom. The van der Waals surface area contributed by atoms with Crippen LogP contribution in [0.1, 0.15) is 64.5 Å². The number of nitrogens with two attached hydrogens (primary N) is 1. The van der Waals surface area contributed by atoms with Crippen molar-refractivity contribution in [3.05, 3.63) is 11.9 Å². The molecule has 1 saturated carbocycles. The lowest BCUT2D eigenvalue weighted by Gasteiger charge is -2.38. The number of carbonyl (C=O) groups excluding carboxylic acids is 1. The topological polar surface area (TPSA) is 85.8 Å². The van der Waals surface area contributed by atoms with Crippen molar-refractivity contribution in [3.8, 4) is 0 Å². The molecule has 1 aromatic rings. The average molecular weight is 321 g/mol. The number of hydrogen-bond acceptors (Lipinski definition) is 4. The number of unbranched alkanes of at least 4 members (excludes halogenated alkanes) is 1. The molecule has 1 aliphatic carbocycles. The smallest absolute Gasteiger partial charge is 0.220 e. The van der Waals surface area contributed by atoms with Crippen molar-refractivity contribution in [2.24, 2.45) is 17.1 Å². The van der Waals surface area contributed by atoms with Gasteiger partial charge in [-0.05, 0) is 37.0 Å². The number of aryl methyl sites for hydroxylation is 1. The number of nitrogens with zero attached hydrogens (tertiary/aromatic N) is 3. The highest BCUT2D eigenvalue weighted by Gasteiger charge is 2.33. The van der Waals surface area contributed by atoms with Gasteiger partial charge in [0.15, 0.2) is 0 Å². The van der Waals surface area contributed by atoms with Crippen LogP contribution in [-0.4, -0.2) is 27.4 Å². The number of hydrogen-bond donors (Lipinski definition) is 2. The fourth-order valence-corrected chi connectivity index (χ4v) is 3.41. The summed E-state index contributed by atoms with van der Waals surface area (Å²) in [5.41, 5.74) is 6.63. The van der Waals surface area contributed by atoms with Crippen LogP contribution in [0.25, 0.3) is 0 Å². The van der Waals surface area contributed by atoms with Crippen molar-refractivity contribution >= 4 is 5.91 Å². The molecule has 2 rings (SSSR count). The lowest BCUT2D eigenvalue weighted by atomic mass is 9.67. The minimum absolute atomic E-state index is 0.205. The fourth-order valence-electron chi connectivity index (χ4n) is 3.41. The van der Waals surface area contributed by atoms with Gasteiger partial charge in [0, 0.05) is 32.3 Å². The Bertz CT molecular complexity index is 497. The van der Waals surface area contributed by atoms with Gasteiger partial charge in [0.2, 0.25) is 5.91 Å². The van der Waals surface area contributed by atoms with Gasteiger partial charge >= 0.3 is 0 Å². The first-order valence-corrected chi connectivity index (χ1v) is 8.87. The number of nitrogens with one attached hydrogen (secondary N) is 1. The molecule has 130 valence electrons. The van der Waals surface area contributed by atoms with E-state index in [1.165, 1.54) is 25.7 Å². The van der Waals surface area contributed by atoms with Crippen molar-refractivity contribution in [2.75, 3.05) is 6.54 Å². The predicted molar refractivity (Wildman–Crippen MR) is 90.5 cm³/mol. The number of aromatic nitrogens is 3. The molecule has 6 nitrogen and oxygen atoms in total. The average Bonchev–Trinajstić information content (AvgIpc) is 2.97. The van der Waals surface area contributed by atoms with Gasteiger partial charge < -0.3 is 11.1 Å². The van der Waals surface area contributed by atoms with Gasteiger partial charge in [-0.25, -0.2) is 0 Å². The highest BCUT2D eigenvalue weighted by molar-refractivity contribution is 5.76. The Morgan fingerprint density at radius 3 is 2.96 bits per heavy atom. The molecule has 3 N–H and O–H groups in total. The largest absolute Gasteiger partial charge is 0.356 e. The summed E-state index contributed by atoms with van der Waals surface area (Å²) in [5.74, 6) is 0.734. The van der Waals surface area contributed by atoms with Gasteiger partial charge in [0.1, 0.15) is 0 Å². The third-order valence-electron chi connectivity index (χ3n) is 5.09. The summed E-state index contributed by atoms with van der Waals surface area (Å²) in [4.78, 5) is 12.1. The van der Waals surface area contributed by atoms with Gasteiger partial charge in [0.25, 0.3) is 0 Å². The van der Waals surface area contributed by atoms with Crippen LogP contribution < -0.4 is 11.1 Å². The Balaban J connectivity index is 1.59. The molecular weight excluding hydrogens is 290 g/mol. The first-order valence-electron chi connectivity index (χ1n) is 8.87. The third kappa shape index (κ3) is 5.61. The first kappa shape index (κ1) is 17.9. The van der Waals surface area contributed by atoms with Crippen LogP contribution in [0.3, 0.4) is 0 Å². The SMILES string of the molecule is CC1(C)CCCCC1CC(=O)NCCCCn1cc(CN)nn1. The van der Waals surface area contributed by atoms with Crippen LogP contribution in [-0.2, 0) is 17.9 Å². The van der Waals surface area contributed by atoms with Crippen LogP contribution in [0.5, 0.6) is 0 Å². The summed E-state index contributed by atoms with van der Waals surface area (Å²) in [6.07, 6.45) is 9.49. The maximum absolute atomic E-state index is 12.1. The van der Waals surface area contributed by atoms with E-state index in [1.807, 2.05) is 10.9 Å². The van der Waals surface area contributed by atoms with Crippen molar-refractivity contribution in [1.29, 1.82) is 0 Å². The zero-order valence-corrected chi connectivity index (χ0v) is 14.6. The van der Waals surface area contributed by atoms with Crippen LogP contribution in [0.15, 0.2) is 6.20 Å².